The second kappa shape index (κ2) is 7.74. The standard InChI is InChI=1S/C20H24N2O3S/c1-5-13-21-19(23)15-7-6-8-18(14-15)26(24,25)22-17-11-9-16(10-12-17)20(2,3)4/h5-12,14,22H,1,13H2,2-4H3,(H,21,23). The summed E-state index contributed by atoms with van der Waals surface area (Å²) >= 11 is 0. The normalized spacial score (nSPS) is 11.7. The molecule has 0 fully saturated rings. The highest BCUT2D eigenvalue weighted by Crippen LogP contribution is 2.24. The van der Waals surface area contributed by atoms with Crippen LogP contribution >= 0.6 is 0 Å². The third kappa shape index (κ3) is 4.95. The van der Waals surface area contributed by atoms with Crippen LogP contribution in [0.25, 0.3) is 0 Å². The van der Waals surface area contributed by atoms with Gasteiger partial charge in [-0.25, -0.2) is 8.42 Å². The Bertz CT molecular complexity index is 895. The van der Waals surface area contributed by atoms with Crippen molar-refractivity contribution in [2.24, 2.45) is 0 Å². The lowest BCUT2D eigenvalue weighted by Gasteiger charge is -2.19. The lowest BCUT2D eigenvalue weighted by molar-refractivity contribution is 0.0958. The molecule has 26 heavy (non-hydrogen) atoms. The minimum absolute atomic E-state index is 0.00939. The van der Waals surface area contributed by atoms with Crippen LogP contribution in [-0.2, 0) is 15.4 Å². The maximum atomic E-state index is 12.6. The monoisotopic (exact) mass is 372 g/mol. The maximum Gasteiger partial charge on any atom is 0.261 e. The number of amides is 1. The highest BCUT2D eigenvalue weighted by Gasteiger charge is 2.17. The molecule has 0 aliphatic rings. The van der Waals surface area contributed by atoms with Gasteiger partial charge in [-0.1, -0.05) is 45.0 Å². The molecule has 2 aromatic carbocycles. The van der Waals surface area contributed by atoms with E-state index in [2.05, 4.69) is 37.4 Å². The van der Waals surface area contributed by atoms with E-state index in [1.54, 1.807) is 30.3 Å². The summed E-state index contributed by atoms with van der Waals surface area (Å²) in [5.41, 5.74) is 1.85. The maximum absolute atomic E-state index is 12.6. The van der Waals surface area contributed by atoms with Gasteiger partial charge in [0.15, 0.2) is 0 Å². The molecule has 6 heteroatoms. The highest BCUT2D eigenvalue weighted by atomic mass is 32.2. The molecule has 2 N–H and O–H groups in total. The van der Waals surface area contributed by atoms with Crippen molar-refractivity contribution in [2.45, 2.75) is 31.1 Å². The molecule has 1 amide bonds. The summed E-state index contributed by atoms with van der Waals surface area (Å²) < 4.78 is 27.8. The van der Waals surface area contributed by atoms with Crippen LogP contribution < -0.4 is 10.0 Å². The fraction of sp³-hybridized carbons (Fsp3) is 0.250. The molecule has 0 aliphatic heterocycles. The summed E-state index contributed by atoms with van der Waals surface area (Å²) in [6.45, 7) is 10.1. The summed E-state index contributed by atoms with van der Waals surface area (Å²) in [4.78, 5) is 12.0. The molecular formula is C20H24N2O3S. The van der Waals surface area contributed by atoms with Crippen molar-refractivity contribution in [3.8, 4) is 0 Å². The van der Waals surface area contributed by atoms with Crippen molar-refractivity contribution in [3.05, 3.63) is 72.3 Å². The van der Waals surface area contributed by atoms with Gasteiger partial charge in [0.1, 0.15) is 0 Å². The Balaban J connectivity index is 2.22. The Morgan fingerprint density at radius 1 is 1.12 bits per heavy atom. The zero-order chi connectivity index (χ0) is 19.4. The molecule has 138 valence electrons. The molecule has 0 aliphatic carbocycles. The summed E-state index contributed by atoms with van der Waals surface area (Å²) in [7, 11) is -3.79. The molecule has 0 spiro atoms. The van der Waals surface area contributed by atoms with Crippen LogP contribution in [0.3, 0.4) is 0 Å². The Morgan fingerprint density at radius 2 is 1.77 bits per heavy atom. The molecule has 0 bridgehead atoms. The molecule has 0 heterocycles. The SMILES string of the molecule is C=CCNC(=O)c1cccc(S(=O)(=O)Nc2ccc(C(C)(C)C)cc2)c1. The van der Waals surface area contributed by atoms with Gasteiger partial charge >= 0.3 is 0 Å². The van der Waals surface area contributed by atoms with Crippen molar-refractivity contribution in [1.82, 2.24) is 5.32 Å². The zero-order valence-electron chi connectivity index (χ0n) is 15.2. The molecule has 5 nitrogen and oxygen atoms in total. The average molecular weight is 372 g/mol. The van der Waals surface area contributed by atoms with Crippen molar-refractivity contribution < 1.29 is 13.2 Å². The molecule has 0 saturated heterocycles. The molecule has 0 radical (unpaired) electrons. The fourth-order valence-electron chi connectivity index (χ4n) is 2.32. The second-order valence-corrected chi connectivity index (χ2v) is 8.64. The van der Waals surface area contributed by atoms with E-state index in [9.17, 15) is 13.2 Å². The number of sulfonamides is 1. The highest BCUT2D eigenvalue weighted by molar-refractivity contribution is 7.92. The average Bonchev–Trinajstić information content (AvgIpc) is 2.59. The Morgan fingerprint density at radius 3 is 2.35 bits per heavy atom. The van der Waals surface area contributed by atoms with E-state index in [1.165, 1.54) is 12.1 Å². The number of rotatable bonds is 6. The second-order valence-electron chi connectivity index (χ2n) is 6.96. The van der Waals surface area contributed by atoms with Gasteiger partial charge in [0.2, 0.25) is 0 Å². The Labute approximate surface area is 155 Å². The number of hydrogen-bond acceptors (Lipinski definition) is 3. The van der Waals surface area contributed by atoms with Gasteiger partial charge in [-0.15, -0.1) is 6.58 Å². The van der Waals surface area contributed by atoms with Crippen LogP contribution in [0.5, 0.6) is 0 Å². The van der Waals surface area contributed by atoms with Crippen molar-refractivity contribution in [1.29, 1.82) is 0 Å². The van der Waals surface area contributed by atoms with Gasteiger partial charge in [-0.05, 0) is 41.3 Å². The fourth-order valence-corrected chi connectivity index (χ4v) is 3.43. The molecule has 2 rings (SSSR count). The van der Waals surface area contributed by atoms with Crippen LogP contribution in [0.2, 0.25) is 0 Å². The summed E-state index contributed by atoms with van der Waals surface area (Å²) in [5.74, 6) is -0.350. The van der Waals surface area contributed by atoms with Crippen LogP contribution in [0, 0.1) is 0 Å². The van der Waals surface area contributed by atoms with E-state index in [-0.39, 0.29) is 21.8 Å². The molecule has 2 aromatic rings. The summed E-state index contributed by atoms with van der Waals surface area (Å²) in [6, 6.07) is 13.2. The first-order valence-electron chi connectivity index (χ1n) is 8.26. The lowest BCUT2D eigenvalue weighted by atomic mass is 9.87. The molecular weight excluding hydrogens is 348 g/mol. The van der Waals surface area contributed by atoms with E-state index in [0.29, 0.717) is 12.2 Å². The number of hydrogen-bond donors (Lipinski definition) is 2. The number of carbonyl (C=O) groups is 1. The minimum atomic E-state index is -3.79. The topological polar surface area (TPSA) is 75.3 Å². The Hall–Kier alpha value is -2.60. The van der Waals surface area contributed by atoms with Gasteiger partial charge in [0, 0.05) is 17.8 Å². The smallest absolute Gasteiger partial charge is 0.261 e. The molecule has 0 aromatic heterocycles. The molecule has 0 atom stereocenters. The van der Waals surface area contributed by atoms with Gasteiger partial charge in [0.25, 0.3) is 15.9 Å². The van der Waals surface area contributed by atoms with Gasteiger partial charge in [-0.3, -0.25) is 9.52 Å². The first kappa shape index (κ1) is 19.7. The molecule has 0 saturated carbocycles. The van der Waals surface area contributed by atoms with E-state index in [1.807, 2.05) is 12.1 Å². The van der Waals surface area contributed by atoms with Gasteiger partial charge in [-0.2, -0.15) is 0 Å². The van der Waals surface area contributed by atoms with E-state index < -0.39 is 10.0 Å². The molecule has 0 unspecified atom stereocenters. The van der Waals surface area contributed by atoms with Crippen molar-refractivity contribution in [2.75, 3.05) is 11.3 Å². The third-order valence-electron chi connectivity index (χ3n) is 3.82. The summed E-state index contributed by atoms with van der Waals surface area (Å²) in [6.07, 6.45) is 1.56. The lowest BCUT2D eigenvalue weighted by Crippen LogP contribution is -2.23. The van der Waals surface area contributed by atoms with Crippen molar-refractivity contribution in [3.63, 3.8) is 0 Å². The van der Waals surface area contributed by atoms with Crippen molar-refractivity contribution >= 4 is 21.6 Å². The predicted molar refractivity (Wildman–Crippen MR) is 105 cm³/mol. The van der Waals surface area contributed by atoms with Crippen LogP contribution in [-0.4, -0.2) is 20.9 Å². The van der Waals surface area contributed by atoms with E-state index in [0.717, 1.165) is 5.56 Å². The van der Waals surface area contributed by atoms with Gasteiger partial charge in [0.05, 0.1) is 4.90 Å². The zero-order valence-corrected chi connectivity index (χ0v) is 16.1. The largest absolute Gasteiger partial charge is 0.349 e. The van der Waals surface area contributed by atoms with Crippen LogP contribution in [0.15, 0.2) is 66.1 Å². The summed E-state index contributed by atoms with van der Waals surface area (Å²) in [5, 5.41) is 2.63. The number of anilines is 1. The number of carbonyl (C=O) groups excluding carboxylic acids is 1. The number of nitrogens with one attached hydrogen (secondary N) is 2. The predicted octanol–water partition coefficient (Wildman–Crippen LogP) is 3.70. The first-order valence-corrected chi connectivity index (χ1v) is 9.74. The van der Waals surface area contributed by atoms with Gasteiger partial charge < -0.3 is 5.32 Å². The quantitative estimate of drug-likeness (QED) is 0.759. The van der Waals surface area contributed by atoms with E-state index >= 15 is 0 Å². The Kier molecular flexibility index (Phi) is 5.87. The third-order valence-corrected chi connectivity index (χ3v) is 5.20. The number of benzene rings is 2. The minimum Gasteiger partial charge on any atom is -0.349 e. The van der Waals surface area contributed by atoms with Crippen LogP contribution in [0.4, 0.5) is 5.69 Å². The van der Waals surface area contributed by atoms with Crippen LogP contribution in [0.1, 0.15) is 36.7 Å². The van der Waals surface area contributed by atoms with E-state index in [4.69, 9.17) is 0 Å². The first-order chi connectivity index (χ1) is 12.1.